The number of likely N-dealkylation sites (N-methyl/N-ethyl adjacent to an activating group) is 1. The number of amides is 2. The summed E-state index contributed by atoms with van der Waals surface area (Å²) in [6, 6.07) is 29.5. The van der Waals surface area contributed by atoms with E-state index in [0.717, 1.165) is 4.31 Å². The number of benzene rings is 4. The number of para-hydroxylation sites is 1. The standard InChI is InChI=1S/C31H30ClN3O5S/c1-23(31(37)33-2)34(21-24-10-9-11-25(32)20-24)30(36)22-35(41(38,39)29-14-7-4-8-15-29)26-16-18-28(19-17-26)40-27-12-5-3-6-13-27/h3-20,23H,21-22H2,1-2H3,(H,33,37). The molecule has 0 radical (unpaired) electrons. The molecule has 0 aliphatic heterocycles. The molecule has 0 aliphatic carbocycles. The van der Waals surface area contributed by atoms with Crippen LogP contribution >= 0.6 is 11.6 Å². The maximum absolute atomic E-state index is 13.9. The van der Waals surface area contributed by atoms with Crippen LogP contribution in [0.1, 0.15) is 12.5 Å². The molecule has 0 bridgehead atoms. The van der Waals surface area contributed by atoms with Gasteiger partial charge < -0.3 is 15.0 Å². The average Bonchev–Trinajstić information content (AvgIpc) is 2.99. The van der Waals surface area contributed by atoms with E-state index in [1.54, 1.807) is 85.8 Å². The Morgan fingerprint density at radius 3 is 2.07 bits per heavy atom. The molecule has 4 aromatic rings. The zero-order chi connectivity index (χ0) is 29.4. The molecule has 0 aromatic heterocycles. The summed E-state index contributed by atoms with van der Waals surface area (Å²) in [5, 5.41) is 3.04. The Balaban J connectivity index is 1.69. The Hall–Kier alpha value is -4.34. The van der Waals surface area contributed by atoms with Crippen LogP contribution in [0.4, 0.5) is 5.69 Å². The van der Waals surface area contributed by atoms with E-state index in [1.807, 2.05) is 18.2 Å². The van der Waals surface area contributed by atoms with Gasteiger partial charge in [0.05, 0.1) is 10.6 Å². The highest BCUT2D eigenvalue weighted by atomic mass is 35.5. The van der Waals surface area contributed by atoms with Crippen LogP contribution in [0.3, 0.4) is 0 Å². The minimum atomic E-state index is -4.16. The highest BCUT2D eigenvalue weighted by Gasteiger charge is 2.32. The van der Waals surface area contributed by atoms with Gasteiger partial charge in [0.1, 0.15) is 24.1 Å². The van der Waals surface area contributed by atoms with Crippen LogP contribution in [0.5, 0.6) is 11.5 Å². The fourth-order valence-corrected chi connectivity index (χ4v) is 5.83. The van der Waals surface area contributed by atoms with E-state index >= 15 is 0 Å². The van der Waals surface area contributed by atoms with Crippen molar-refractivity contribution in [3.05, 3.63) is 120 Å². The predicted molar refractivity (Wildman–Crippen MR) is 159 cm³/mol. The Bertz CT molecular complexity index is 1580. The molecule has 1 unspecified atom stereocenters. The molecule has 8 nitrogen and oxygen atoms in total. The van der Waals surface area contributed by atoms with E-state index in [9.17, 15) is 18.0 Å². The number of sulfonamides is 1. The second-order valence-corrected chi connectivity index (χ2v) is 11.5. The number of hydrogen-bond acceptors (Lipinski definition) is 5. The summed E-state index contributed by atoms with van der Waals surface area (Å²) < 4.78 is 34.6. The SMILES string of the molecule is CNC(=O)C(C)N(Cc1cccc(Cl)c1)C(=O)CN(c1ccc(Oc2ccccc2)cc1)S(=O)(=O)c1ccccc1. The first kappa shape index (κ1) is 29.6. The number of carbonyl (C=O) groups excluding carboxylic acids is 2. The molecular weight excluding hydrogens is 562 g/mol. The van der Waals surface area contributed by atoms with Crippen LogP contribution in [-0.4, -0.2) is 44.8 Å². The second-order valence-electron chi connectivity index (χ2n) is 9.18. The molecule has 10 heteroatoms. The van der Waals surface area contributed by atoms with Crippen molar-refractivity contribution in [2.24, 2.45) is 0 Å². The summed E-state index contributed by atoms with van der Waals surface area (Å²) in [6.07, 6.45) is 0. The van der Waals surface area contributed by atoms with Crippen molar-refractivity contribution in [1.82, 2.24) is 10.2 Å². The van der Waals surface area contributed by atoms with E-state index < -0.39 is 28.5 Å². The average molecular weight is 592 g/mol. The fourth-order valence-electron chi connectivity index (χ4n) is 4.18. The summed E-state index contributed by atoms with van der Waals surface area (Å²) in [7, 11) is -2.68. The van der Waals surface area contributed by atoms with Crippen LogP contribution in [0.2, 0.25) is 5.02 Å². The Morgan fingerprint density at radius 1 is 0.854 bits per heavy atom. The van der Waals surface area contributed by atoms with Gasteiger partial charge >= 0.3 is 0 Å². The lowest BCUT2D eigenvalue weighted by molar-refractivity contribution is -0.139. The van der Waals surface area contributed by atoms with E-state index in [1.165, 1.54) is 24.1 Å². The van der Waals surface area contributed by atoms with Gasteiger partial charge in [-0.1, -0.05) is 60.1 Å². The van der Waals surface area contributed by atoms with Gasteiger partial charge in [-0.2, -0.15) is 0 Å². The van der Waals surface area contributed by atoms with Crippen LogP contribution in [0.15, 0.2) is 114 Å². The molecule has 1 N–H and O–H groups in total. The lowest BCUT2D eigenvalue weighted by atomic mass is 10.1. The second kappa shape index (κ2) is 13.3. The van der Waals surface area contributed by atoms with Gasteiger partial charge in [0.2, 0.25) is 11.8 Å². The topological polar surface area (TPSA) is 96.0 Å². The zero-order valence-corrected chi connectivity index (χ0v) is 24.2. The maximum atomic E-state index is 13.9. The van der Waals surface area contributed by atoms with E-state index in [0.29, 0.717) is 22.1 Å². The third-order valence-electron chi connectivity index (χ3n) is 6.37. The normalized spacial score (nSPS) is 11.8. The molecule has 2 amide bonds. The Kier molecular flexibility index (Phi) is 9.65. The summed E-state index contributed by atoms with van der Waals surface area (Å²) in [5.41, 5.74) is 0.958. The first-order valence-electron chi connectivity index (χ1n) is 12.9. The van der Waals surface area contributed by atoms with Gasteiger partial charge in [0.25, 0.3) is 10.0 Å². The predicted octanol–water partition coefficient (Wildman–Crippen LogP) is 5.49. The molecule has 0 aliphatic rings. The molecule has 0 spiro atoms. The first-order chi connectivity index (χ1) is 19.7. The number of ether oxygens (including phenoxy) is 1. The highest BCUT2D eigenvalue weighted by molar-refractivity contribution is 7.92. The number of rotatable bonds is 11. The summed E-state index contributed by atoms with van der Waals surface area (Å²) in [6.45, 7) is 1.10. The molecule has 0 saturated heterocycles. The summed E-state index contributed by atoms with van der Waals surface area (Å²) in [5.74, 6) is 0.175. The van der Waals surface area contributed by atoms with Gasteiger partial charge in [-0.25, -0.2) is 8.42 Å². The van der Waals surface area contributed by atoms with Crippen LogP contribution in [0, 0.1) is 0 Å². The molecule has 0 fully saturated rings. The van der Waals surface area contributed by atoms with Gasteiger partial charge in [-0.3, -0.25) is 13.9 Å². The first-order valence-corrected chi connectivity index (χ1v) is 14.7. The van der Waals surface area contributed by atoms with E-state index in [-0.39, 0.29) is 23.0 Å². The Labute approximate surface area is 245 Å². The van der Waals surface area contributed by atoms with Crippen molar-refractivity contribution in [3.63, 3.8) is 0 Å². The molecule has 4 aromatic carbocycles. The zero-order valence-electron chi connectivity index (χ0n) is 22.6. The number of nitrogens with zero attached hydrogens (tertiary/aromatic N) is 2. The van der Waals surface area contributed by atoms with Crippen LogP contribution in [-0.2, 0) is 26.2 Å². The van der Waals surface area contributed by atoms with E-state index in [4.69, 9.17) is 16.3 Å². The molecule has 0 saturated carbocycles. The highest BCUT2D eigenvalue weighted by Crippen LogP contribution is 2.28. The van der Waals surface area contributed by atoms with E-state index in [2.05, 4.69) is 5.32 Å². The van der Waals surface area contributed by atoms with Crippen molar-refractivity contribution < 1.29 is 22.7 Å². The number of nitrogens with one attached hydrogen (secondary N) is 1. The molecule has 212 valence electrons. The third kappa shape index (κ3) is 7.45. The lowest BCUT2D eigenvalue weighted by Gasteiger charge is -2.31. The smallest absolute Gasteiger partial charge is 0.264 e. The van der Waals surface area contributed by atoms with Gasteiger partial charge in [-0.05, 0) is 73.2 Å². The van der Waals surface area contributed by atoms with Crippen molar-refractivity contribution in [2.75, 3.05) is 17.9 Å². The summed E-state index contributed by atoms with van der Waals surface area (Å²) >= 11 is 6.15. The molecule has 4 rings (SSSR count). The maximum Gasteiger partial charge on any atom is 0.264 e. The minimum Gasteiger partial charge on any atom is -0.457 e. The number of anilines is 1. The van der Waals surface area contributed by atoms with Crippen LogP contribution < -0.4 is 14.4 Å². The fraction of sp³-hybridized carbons (Fsp3) is 0.161. The molecular formula is C31H30ClN3O5S. The molecule has 1 atom stereocenters. The van der Waals surface area contributed by atoms with Crippen LogP contribution in [0.25, 0.3) is 0 Å². The van der Waals surface area contributed by atoms with Crippen molar-refractivity contribution in [1.29, 1.82) is 0 Å². The third-order valence-corrected chi connectivity index (χ3v) is 8.39. The van der Waals surface area contributed by atoms with Crippen molar-refractivity contribution in [3.8, 4) is 11.5 Å². The van der Waals surface area contributed by atoms with Gasteiger partial charge in [-0.15, -0.1) is 0 Å². The Morgan fingerprint density at radius 2 is 1.46 bits per heavy atom. The summed E-state index contributed by atoms with van der Waals surface area (Å²) in [4.78, 5) is 27.8. The quantitative estimate of drug-likeness (QED) is 0.249. The molecule has 41 heavy (non-hydrogen) atoms. The molecule has 0 heterocycles. The minimum absolute atomic E-state index is 0.0261. The van der Waals surface area contributed by atoms with Crippen molar-refractivity contribution >= 4 is 39.1 Å². The van der Waals surface area contributed by atoms with Gasteiger partial charge in [0.15, 0.2) is 0 Å². The van der Waals surface area contributed by atoms with Crippen molar-refractivity contribution in [2.45, 2.75) is 24.4 Å². The van der Waals surface area contributed by atoms with Gasteiger partial charge in [0, 0.05) is 18.6 Å². The number of hydrogen-bond donors (Lipinski definition) is 1. The lowest BCUT2D eigenvalue weighted by Crippen LogP contribution is -2.50. The number of halogens is 1. The monoisotopic (exact) mass is 591 g/mol. The number of carbonyl (C=O) groups is 2. The largest absolute Gasteiger partial charge is 0.457 e.